The molecule has 2 aliphatic rings. The normalized spacial score (nSPS) is 23.4. The van der Waals surface area contributed by atoms with Crippen molar-refractivity contribution in [2.75, 3.05) is 5.73 Å². The monoisotopic (exact) mass is 307 g/mol. The van der Waals surface area contributed by atoms with E-state index in [1.54, 1.807) is 24.3 Å². The predicted molar refractivity (Wildman–Crippen MR) is 88.7 cm³/mol. The lowest BCUT2D eigenvalue weighted by atomic mass is 9.67. The topological polar surface area (TPSA) is 80.4 Å². The van der Waals surface area contributed by atoms with E-state index in [9.17, 15) is 14.7 Å². The molecule has 0 spiro atoms. The van der Waals surface area contributed by atoms with Crippen molar-refractivity contribution in [3.05, 3.63) is 47.0 Å². The van der Waals surface area contributed by atoms with Gasteiger partial charge in [0.1, 0.15) is 5.75 Å². The molecule has 0 saturated heterocycles. The van der Waals surface area contributed by atoms with Crippen LogP contribution in [-0.2, 0) is 0 Å². The number of nitrogens with two attached hydrogens (primary N) is 1. The molecule has 4 heteroatoms. The molecule has 4 nitrogen and oxygen atoms in total. The van der Waals surface area contributed by atoms with Gasteiger partial charge in [-0.1, -0.05) is 35.9 Å². The zero-order valence-corrected chi connectivity index (χ0v) is 12.8. The highest BCUT2D eigenvalue weighted by Gasteiger charge is 2.45. The third-order valence-corrected chi connectivity index (χ3v) is 5.14. The van der Waals surface area contributed by atoms with E-state index >= 15 is 0 Å². The number of carbonyl (C=O) groups excluding carboxylic acids is 2. The lowest BCUT2D eigenvalue weighted by Crippen LogP contribution is -2.38. The molecule has 2 aromatic carbocycles. The number of phenols is 1. The molecule has 0 unspecified atom stereocenters. The Morgan fingerprint density at radius 2 is 1.70 bits per heavy atom. The van der Waals surface area contributed by atoms with Crippen LogP contribution in [0.5, 0.6) is 5.75 Å². The molecular formula is C19H17NO3. The highest BCUT2D eigenvalue weighted by atomic mass is 16.3. The van der Waals surface area contributed by atoms with Crippen LogP contribution in [0.2, 0.25) is 0 Å². The third-order valence-electron chi connectivity index (χ3n) is 5.14. The maximum absolute atomic E-state index is 13.0. The van der Waals surface area contributed by atoms with Crippen LogP contribution in [0.3, 0.4) is 0 Å². The van der Waals surface area contributed by atoms with Gasteiger partial charge in [-0.3, -0.25) is 9.59 Å². The first-order chi connectivity index (χ1) is 11.0. The first-order valence-corrected chi connectivity index (χ1v) is 7.78. The number of ketones is 2. The second-order valence-corrected chi connectivity index (χ2v) is 6.49. The van der Waals surface area contributed by atoms with Gasteiger partial charge in [0, 0.05) is 22.6 Å². The van der Waals surface area contributed by atoms with Gasteiger partial charge in [-0.2, -0.15) is 0 Å². The number of hydrogen-bond donors (Lipinski definition) is 2. The van der Waals surface area contributed by atoms with Gasteiger partial charge in [0.2, 0.25) is 0 Å². The summed E-state index contributed by atoms with van der Waals surface area (Å²) < 4.78 is 0. The van der Waals surface area contributed by atoms with Crippen LogP contribution >= 0.6 is 0 Å². The van der Waals surface area contributed by atoms with Gasteiger partial charge in [-0.05, 0) is 19.8 Å². The highest BCUT2D eigenvalue weighted by Crippen LogP contribution is 2.46. The lowest BCUT2D eigenvalue weighted by Gasteiger charge is -2.34. The fraction of sp³-hybridized carbons (Fsp3) is 0.263. The molecule has 0 bridgehead atoms. The van der Waals surface area contributed by atoms with Crippen molar-refractivity contribution in [3.8, 4) is 5.75 Å². The summed E-state index contributed by atoms with van der Waals surface area (Å²) in [6.07, 6.45) is 3.16. The van der Waals surface area contributed by atoms with Gasteiger partial charge >= 0.3 is 0 Å². The number of allylic oxidation sites excluding steroid dienone is 2. The van der Waals surface area contributed by atoms with Crippen molar-refractivity contribution in [2.45, 2.75) is 19.8 Å². The van der Waals surface area contributed by atoms with Crippen LogP contribution in [0.15, 0.2) is 35.9 Å². The zero-order valence-electron chi connectivity index (χ0n) is 12.8. The Hall–Kier alpha value is -2.62. The van der Waals surface area contributed by atoms with Crippen molar-refractivity contribution < 1.29 is 14.7 Å². The van der Waals surface area contributed by atoms with Crippen LogP contribution in [0.4, 0.5) is 5.69 Å². The summed E-state index contributed by atoms with van der Waals surface area (Å²) in [7, 11) is 0. The minimum Gasteiger partial charge on any atom is -0.507 e. The van der Waals surface area contributed by atoms with Crippen molar-refractivity contribution in [1.29, 1.82) is 0 Å². The smallest absolute Gasteiger partial charge is 0.171 e. The van der Waals surface area contributed by atoms with E-state index < -0.39 is 0 Å². The molecule has 23 heavy (non-hydrogen) atoms. The molecule has 0 radical (unpaired) electrons. The number of hydrogen-bond acceptors (Lipinski definition) is 4. The number of carbonyl (C=O) groups is 2. The first-order valence-electron chi connectivity index (χ1n) is 7.78. The largest absolute Gasteiger partial charge is 0.507 e. The molecule has 2 atom stereocenters. The van der Waals surface area contributed by atoms with Crippen molar-refractivity contribution in [2.24, 2.45) is 11.8 Å². The molecule has 2 aromatic rings. The molecule has 0 amide bonds. The summed E-state index contributed by atoms with van der Waals surface area (Å²) >= 11 is 0. The van der Waals surface area contributed by atoms with E-state index in [0.29, 0.717) is 29.3 Å². The molecule has 0 aliphatic heterocycles. The van der Waals surface area contributed by atoms with Gasteiger partial charge in [-0.25, -0.2) is 0 Å². The third kappa shape index (κ3) is 1.78. The Labute approximate surface area is 133 Å². The molecule has 0 aromatic heterocycles. The van der Waals surface area contributed by atoms with Crippen LogP contribution in [0.1, 0.15) is 40.5 Å². The maximum atomic E-state index is 13.0. The molecule has 116 valence electrons. The number of rotatable bonds is 0. The van der Waals surface area contributed by atoms with Crippen LogP contribution < -0.4 is 5.73 Å². The number of aromatic hydroxyl groups is 1. The van der Waals surface area contributed by atoms with Gasteiger partial charge in [-0.15, -0.1) is 0 Å². The van der Waals surface area contributed by atoms with Gasteiger partial charge in [0.25, 0.3) is 0 Å². The molecule has 0 saturated carbocycles. The van der Waals surface area contributed by atoms with E-state index in [2.05, 4.69) is 0 Å². The van der Waals surface area contributed by atoms with Gasteiger partial charge in [0.15, 0.2) is 11.6 Å². The molecule has 0 fully saturated rings. The molecule has 3 N–H and O–H groups in total. The predicted octanol–water partition coefficient (Wildman–Crippen LogP) is 3.48. The Bertz CT molecular complexity index is 910. The van der Waals surface area contributed by atoms with E-state index in [1.165, 1.54) is 0 Å². The Balaban J connectivity index is 2.05. The fourth-order valence-electron chi connectivity index (χ4n) is 3.94. The summed E-state index contributed by atoms with van der Waals surface area (Å²) in [5.41, 5.74) is 7.95. The number of anilines is 1. The quantitative estimate of drug-likeness (QED) is 0.443. The minimum absolute atomic E-state index is 0.113. The molecule has 2 aliphatic carbocycles. The standard InChI is InChI=1S/C19H17NO3/c1-9-6-7-12-13(8-9)19(23)15-14(17(12)21)16(20)10-4-2-3-5-11(10)18(15)22/h2-6,12-13,22H,7-8,20H2,1H3/t12-,13+/m0/s1. The van der Waals surface area contributed by atoms with Crippen LogP contribution in [0.25, 0.3) is 10.8 Å². The summed E-state index contributed by atoms with van der Waals surface area (Å²) in [4.78, 5) is 25.9. The SMILES string of the molecule is CC1=CC[C@@H]2C(=O)c3c(c(O)c4ccccc4c3N)C(=O)[C@@H]2C1. The molecule has 4 rings (SSSR count). The number of fused-ring (bicyclic) bond motifs is 3. The summed E-state index contributed by atoms with van der Waals surface area (Å²) in [5.74, 6) is -1.14. The highest BCUT2D eigenvalue weighted by molar-refractivity contribution is 6.24. The summed E-state index contributed by atoms with van der Waals surface area (Å²) in [6.45, 7) is 1.97. The van der Waals surface area contributed by atoms with E-state index in [-0.39, 0.29) is 40.3 Å². The van der Waals surface area contributed by atoms with E-state index in [0.717, 1.165) is 5.57 Å². The van der Waals surface area contributed by atoms with E-state index in [1.807, 2.05) is 13.0 Å². The van der Waals surface area contributed by atoms with Gasteiger partial charge in [0.05, 0.1) is 16.8 Å². The van der Waals surface area contributed by atoms with Crippen LogP contribution in [0, 0.1) is 11.8 Å². The van der Waals surface area contributed by atoms with Crippen molar-refractivity contribution in [3.63, 3.8) is 0 Å². The number of Topliss-reactive ketones (excluding diaryl/α,β-unsaturated/α-hetero) is 2. The molecule has 0 heterocycles. The Morgan fingerprint density at radius 1 is 1.04 bits per heavy atom. The summed E-state index contributed by atoms with van der Waals surface area (Å²) in [6, 6.07) is 7.06. The van der Waals surface area contributed by atoms with Crippen molar-refractivity contribution >= 4 is 28.0 Å². The zero-order chi connectivity index (χ0) is 16.3. The second kappa shape index (κ2) is 4.69. The maximum Gasteiger partial charge on any atom is 0.171 e. The number of nitrogen functional groups attached to an aromatic ring is 1. The number of benzene rings is 2. The second-order valence-electron chi connectivity index (χ2n) is 6.49. The van der Waals surface area contributed by atoms with Crippen molar-refractivity contribution in [1.82, 2.24) is 0 Å². The minimum atomic E-state index is -0.383. The fourth-order valence-corrected chi connectivity index (χ4v) is 3.94. The molecular weight excluding hydrogens is 290 g/mol. The lowest BCUT2D eigenvalue weighted by molar-refractivity contribution is 0.0724. The average Bonchev–Trinajstić information content (AvgIpc) is 2.56. The Morgan fingerprint density at radius 3 is 2.43 bits per heavy atom. The first kappa shape index (κ1) is 14.0. The van der Waals surface area contributed by atoms with E-state index in [4.69, 9.17) is 5.73 Å². The van der Waals surface area contributed by atoms with Gasteiger partial charge < -0.3 is 10.8 Å². The van der Waals surface area contributed by atoms with Crippen LogP contribution in [-0.4, -0.2) is 16.7 Å². The Kier molecular flexibility index (Phi) is 2.85. The number of phenolic OH excluding ortho intramolecular Hbond substituents is 1. The summed E-state index contributed by atoms with van der Waals surface area (Å²) in [5, 5.41) is 11.8. The average molecular weight is 307 g/mol.